The highest BCUT2D eigenvalue weighted by Crippen LogP contribution is 2.34. The van der Waals surface area contributed by atoms with Crippen molar-refractivity contribution in [3.05, 3.63) is 35.7 Å². The Morgan fingerprint density at radius 2 is 1.93 bits per heavy atom. The molecule has 3 amide bonds. The second-order valence-corrected chi connectivity index (χ2v) is 6.57. The van der Waals surface area contributed by atoms with Crippen LogP contribution < -0.4 is 20.1 Å². The summed E-state index contributed by atoms with van der Waals surface area (Å²) in [5, 5.41) is 9.50. The molecule has 1 saturated heterocycles. The van der Waals surface area contributed by atoms with E-state index >= 15 is 0 Å². The molecule has 2 aliphatic heterocycles. The molecule has 27 heavy (non-hydrogen) atoms. The zero-order valence-corrected chi connectivity index (χ0v) is 14.9. The first kappa shape index (κ1) is 17.2. The Morgan fingerprint density at radius 3 is 2.67 bits per heavy atom. The third kappa shape index (κ3) is 3.81. The highest BCUT2D eigenvalue weighted by Gasteiger charge is 2.25. The molecule has 0 radical (unpaired) electrons. The number of aromatic nitrogens is 1. The molecule has 0 bridgehead atoms. The molecule has 9 nitrogen and oxygen atoms in total. The first-order valence-corrected chi connectivity index (χ1v) is 8.78. The van der Waals surface area contributed by atoms with Gasteiger partial charge in [-0.1, -0.05) is 5.16 Å². The number of aryl methyl sites for hydroxylation is 1. The molecule has 0 saturated carbocycles. The monoisotopic (exact) mass is 372 g/mol. The lowest BCUT2D eigenvalue weighted by atomic mass is 10.1. The molecule has 1 fully saturated rings. The summed E-state index contributed by atoms with van der Waals surface area (Å²) in [4.78, 5) is 26.3. The molecule has 9 heteroatoms. The maximum Gasteiger partial charge on any atom is 0.321 e. The number of amides is 3. The Kier molecular flexibility index (Phi) is 4.57. The molecule has 2 aromatic rings. The second kappa shape index (κ2) is 7.18. The summed E-state index contributed by atoms with van der Waals surface area (Å²) in [5.74, 6) is 1.22. The van der Waals surface area contributed by atoms with Crippen molar-refractivity contribution in [1.82, 2.24) is 15.4 Å². The predicted molar refractivity (Wildman–Crippen MR) is 94.9 cm³/mol. The van der Waals surface area contributed by atoms with Crippen LogP contribution >= 0.6 is 0 Å². The van der Waals surface area contributed by atoms with Gasteiger partial charge in [-0.25, -0.2) is 4.79 Å². The Bertz CT molecular complexity index is 857. The van der Waals surface area contributed by atoms with Crippen molar-refractivity contribution < 1.29 is 23.6 Å². The van der Waals surface area contributed by atoms with Gasteiger partial charge in [0.15, 0.2) is 11.5 Å². The predicted octanol–water partition coefficient (Wildman–Crippen LogP) is 2.14. The number of hydrogen-bond acceptors (Lipinski definition) is 6. The van der Waals surface area contributed by atoms with Gasteiger partial charge in [0.1, 0.15) is 0 Å². The first-order valence-electron chi connectivity index (χ1n) is 8.78. The Hall–Kier alpha value is -3.23. The van der Waals surface area contributed by atoms with Gasteiger partial charge in [0, 0.05) is 37.0 Å². The van der Waals surface area contributed by atoms with E-state index < -0.39 is 0 Å². The number of anilines is 1. The number of rotatable bonds is 3. The van der Waals surface area contributed by atoms with Crippen molar-refractivity contribution in [3.63, 3.8) is 0 Å². The minimum absolute atomic E-state index is 0.00232. The highest BCUT2D eigenvalue weighted by atomic mass is 16.7. The maximum absolute atomic E-state index is 12.5. The van der Waals surface area contributed by atoms with Crippen molar-refractivity contribution in [2.45, 2.75) is 25.8 Å². The van der Waals surface area contributed by atoms with E-state index in [9.17, 15) is 9.59 Å². The van der Waals surface area contributed by atoms with Gasteiger partial charge in [-0.15, -0.1) is 0 Å². The van der Waals surface area contributed by atoms with Crippen molar-refractivity contribution in [3.8, 4) is 11.5 Å². The van der Waals surface area contributed by atoms with E-state index in [2.05, 4.69) is 15.8 Å². The molecule has 0 aliphatic carbocycles. The third-order valence-electron chi connectivity index (χ3n) is 4.59. The van der Waals surface area contributed by atoms with Gasteiger partial charge in [0.05, 0.1) is 5.69 Å². The normalized spacial score (nSPS) is 16.3. The summed E-state index contributed by atoms with van der Waals surface area (Å²) >= 11 is 0. The summed E-state index contributed by atoms with van der Waals surface area (Å²) in [5.41, 5.74) is 1.32. The number of nitrogens with zero attached hydrogens (tertiary/aromatic N) is 2. The minimum atomic E-state index is -0.279. The molecule has 0 atom stereocenters. The molecule has 0 spiro atoms. The molecule has 2 N–H and O–H groups in total. The molecule has 4 rings (SSSR count). The number of piperidine rings is 1. The van der Waals surface area contributed by atoms with Gasteiger partial charge >= 0.3 is 6.03 Å². The molecule has 2 aliphatic rings. The fourth-order valence-electron chi connectivity index (χ4n) is 3.13. The summed E-state index contributed by atoms with van der Waals surface area (Å²) in [6, 6.07) is 6.71. The summed E-state index contributed by atoms with van der Waals surface area (Å²) in [6.45, 7) is 3.06. The number of nitrogens with one attached hydrogen (secondary N) is 2. The van der Waals surface area contributed by atoms with Gasteiger partial charge < -0.3 is 29.5 Å². The van der Waals surface area contributed by atoms with Gasteiger partial charge in [0.25, 0.3) is 5.91 Å². The van der Waals surface area contributed by atoms with E-state index in [1.54, 1.807) is 36.1 Å². The number of carbonyl (C=O) groups excluding carboxylic acids is 2. The van der Waals surface area contributed by atoms with Crippen LogP contribution in [0.2, 0.25) is 0 Å². The van der Waals surface area contributed by atoms with Gasteiger partial charge in [0.2, 0.25) is 12.6 Å². The zero-order chi connectivity index (χ0) is 18.8. The topological polar surface area (TPSA) is 106 Å². The van der Waals surface area contributed by atoms with Gasteiger partial charge in [-0.3, -0.25) is 4.79 Å². The van der Waals surface area contributed by atoms with E-state index in [0.717, 1.165) is 0 Å². The minimum Gasteiger partial charge on any atom is -0.454 e. The van der Waals surface area contributed by atoms with E-state index in [-0.39, 0.29) is 30.5 Å². The van der Waals surface area contributed by atoms with Gasteiger partial charge in [-0.05, 0) is 31.9 Å². The average Bonchev–Trinajstić information content (AvgIpc) is 3.30. The molecule has 0 unspecified atom stereocenters. The van der Waals surface area contributed by atoms with E-state index in [4.69, 9.17) is 14.0 Å². The lowest BCUT2D eigenvalue weighted by Gasteiger charge is -2.32. The number of hydrogen-bond donors (Lipinski definition) is 2. The van der Waals surface area contributed by atoms with Crippen LogP contribution in [0, 0.1) is 6.92 Å². The number of fused-ring (bicyclic) bond motifs is 1. The smallest absolute Gasteiger partial charge is 0.321 e. The molecule has 142 valence electrons. The Labute approximate surface area is 155 Å². The molecular formula is C18H20N4O5. The lowest BCUT2D eigenvalue weighted by molar-refractivity contribution is 0.0882. The summed E-state index contributed by atoms with van der Waals surface area (Å²) < 4.78 is 15.5. The molecule has 1 aromatic heterocycles. The lowest BCUT2D eigenvalue weighted by Crippen LogP contribution is -2.47. The Balaban J connectivity index is 1.27. The quantitative estimate of drug-likeness (QED) is 0.855. The fourth-order valence-corrected chi connectivity index (χ4v) is 3.13. The number of likely N-dealkylation sites (tertiary alicyclic amines) is 1. The van der Waals surface area contributed by atoms with Crippen LogP contribution in [-0.4, -0.2) is 47.9 Å². The largest absolute Gasteiger partial charge is 0.454 e. The van der Waals surface area contributed by atoms with Crippen molar-refractivity contribution in [2.24, 2.45) is 0 Å². The van der Waals surface area contributed by atoms with Crippen LogP contribution in [0.4, 0.5) is 10.5 Å². The second-order valence-electron chi connectivity index (χ2n) is 6.57. The van der Waals surface area contributed by atoms with Crippen LogP contribution in [0.3, 0.4) is 0 Å². The summed E-state index contributed by atoms with van der Waals surface area (Å²) in [7, 11) is 0. The van der Waals surface area contributed by atoms with E-state index in [0.29, 0.717) is 48.8 Å². The van der Waals surface area contributed by atoms with Crippen LogP contribution in [0.5, 0.6) is 11.5 Å². The number of ether oxygens (including phenoxy) is 2. The standard InChI is InChI=1S/C18H20N4O5/c1-11-8-16(27-21-11)17(23)19-12-4-6-22(7-5-12)18(24)20-13-2-3-14-15(9-13)26-10-25-14/h2-3,8-9,12H,4-7,10H2,1H3,(H,19,23)(H,20,24). The van der Waals surface area contributed by atoms with Crippen LogP contribution in [0.15, 0.2) is 28.8 Å². The van der Waals surface area contributed by atoms with Crippen LogP contribution in [-0.2, 0) is 0 Å². The molecule has 1 aromatic carbocycles. The van der Waals surface area contributed by atoms with Crippen molar-refractivity contribution in [1.29, 1.82) is 0 Å². The summed E-state index contributed by atoms with van der Waals surface area (Å²) in [6.07, 6.45) is 1.35. The fraction of sp³-hybridized carbons (Fsp3) is 0.389. The number of urea groups is 1. The SMILES string of the molecule is Cc1cc(C(=O)NC2CCN(C(=O)Nc3ccc4c(c3)OCO4)CC2)on1. The van der Waals surface area contributed by atoms with E-state index in [1.165, 1.54) is 0 Å². The van der Waals surface area contributed by atoms with Crippen molar-refractivity contribution in [2.75, 3.05) is 25.2 Å². The zero-order valence-electron chi connectivity index (χ0n) is 14.9. The van der Waals surface area contributed by atoms with Gasteiger partial charge in [-0.2, -0.15) is 0 Å². The van der Waals surface area contributed by atoms with Crippen molar-refractivity contribution >= 4 is 17.6 Å². The third-order valence-corrected chi connectivity index (χ3v) is 4.59. The highest BCUT2D eigenvalue weighted by molar-refractivity contribution is 5.92. The van der Waals surface area contributed by atoms with Crippen LogP contribution in [0.1, 0.15) is 29.1 Å². The average molecular weight is 372 g/mol. The Morgan fingerprint density at radius 1 is 1.15 bits per heavy atom. The first-order chi connectivity index (χ1) is 13.1. The molecular weight excluding hydrogens is 352 g/mol. The number of benzene rings is 1. The molecule has 3 heterocycles. The maximum atomic E-state index is 12.5. The van der Waals surface area contributed by atoms with Crippen LogP contribution in [0.25, 0.3) is 0 Å². The van der Waals surface area contributed by atoms with E-state index in [1.807, 2.05) is 0 Å². The number of carbonyl (C=O) groups is 2.